The average Bonchev–Trinajstić information content (AvgIpc) is 3.28. The van der Waals surface area contributed by atoms with Gasteiger partial charge in [0.05, 0.1) is 5.00 Å². The number of rotatable bonds is 6. The highest BCUT2D eigenvalue weighted by molar-refractivity contribution is 14.0. The molecular formula is C18H26BrIN4OS. The normalized spacial score (nSPS) is 15.6. The Kier molecular flexibility index (Phi) is 9.27. The Morgan fingerprint density at radius 2 is 2.15 bits per heavy atom. The molecule has 1 saturated heterocycles. The summed E-state index contributed by atoms with van der Waals surface area (Å²) in [7, 11) is 0. The van der Waals surface area contributed by atoms with E-state index in [1.165, 1.54) is 5.00 Å². The van der Waals surface area contributed by atoms with Crippen LogP contribution in [0.3, 0.4) is 0 Å². The van der Waals surface area contributed by atoms with E-state index in [-0.39, 0.29) is 24.0 Å². The predicted octanol–water partition coefficient (Wildman–Crippen LogP) is 4.49. The van der Waals surface area contributed by atoms with Crippen molar-refractivity contribution in [1.29, 1.82) is 0 Å². The molecule has 0 amide bonds. The second-order valence-corrected chi connectivity index (χ2v) is 7.78. The third-order valence-corrected chi connectivity index (χ3v) is 5.61. The summed E-state index contributed by atoms with van der Waals surface area (Å²) in [5, 5.41) is 10.5. The molecule has 0 unspecified atom stereocenters. The highest BCUT2D eigenvalue weighted by Crippen LogP contribution is 2.24. The van der Waals surface area contributed by atoms with E-state index in [1.54, 1.807) is 0 Å². The molecule has 26 heavy (non-hydrogen) atoms. The summed E-state index contributed by atoms with van der Waals surface area (Å²) in [5.41, 5.74) is 0. The summed E-state index contributed by atoms with van der Waals surface area (Å²) in [4.78, 5) is 7.16. The van der Waals surface area contributed by atoms with Crippen molar-refractivity contribution in [2.24, 2.45) is 4.99 Å². The molecule has 0 saturated carbocycles. The lowest BCUT2D eigenvalue weighted by Crippen LogP contribution is -2.48. The first-order chi connectivity index (χ1) is 12.2. The van der Waals surface area contributed by atoms with Gasteiger partial charge in [-0.25, -0.2) is 0 Å². The third-order valence-electron chi connectivity index (χ3n) is 4.25. The quantitative estimate of drug-likeness (QED) is 0.315. The van der Waals surface area contributed by atoms with Crippen molar-refractivity contribution < 1.29 is 4.42 Å². The standard InChI is InChI=1S/C18H25BrN4OS.HI/c1-2-20-18(21-10-7-15-5-6-16(19)24-15)22-14-8-11-23(12-9-14)17-4-3-13-25-17;/h3-6,13-14H,2,7-12H2,1H3,(H2,20,21,22);1H. The number of nitrogens with one attached hydrogen (secondary N) is 2. The Morgan fingerprint density at radius 1 is 1.35 bits per heavy atom. The molecule has 0 aliphatic carbocycles. The van der Waals surface area contributed by atoms with Crippen LogP contribution in [0.2, 0.25) is 0 Å². The van der Waals surface area contributed by atoms with Gasteiger partial charge in [-0.1, -0.05) is 0 Å². The van der Waals surface area contributed by atoms with Crippen molar-refractivity contribution in [3.05, 3.63) is 40.1 Å². The Morgan fingerprint density at radius 3 is 2.77 bits per heavy atom. The maximum absolute atomic E-state index is 5.52. The fraction of sp³-hybridized carbons (Fsp3) is 0.500. The van der Waals surface area contributed by atoms with E-state index in [9.17, 15) is 0 Å². The Labute approximate surface area is 184 Å². The Balaban J connectivity index is 0.00000243. The predicted molar refractivity (Wildman–Crippen MR) is 124 cm³/mol. The van der Waals surface area contributed by atoms with Crippen LogP contribution in [0.1, 0.15) is 25.5 Å². The molecule has 2 N–H and O–H groups in total. The van der Waals surface area contributed by atoms with Crippen molar-refractivity contribution in [1.82, 2.24) is 10.6 Å². The number of guanidine groups is 1. The SMILES string of the molecule is CCNC(=NCCc1ccc(Br)o1)NC1CCN(c2cccs2)CC1.I. The highest BCUT2D eigenvalue weighted by atomic mass is 127. The van der Waals surface area contributed by atoms with Gasteiger partial charge in [-0.15, -0.1) is 35.3 Å². The molecule has 0 bridgehead atoms. The number of piperidine rings is 1. The minimum absolute atomic E-state index is 0. The van der Waals surface area contributed by atoms with Gasteiger partial charge in [0.15, 0.2) is 10.6 Å². The Bertz CT molecular complexity index is 669. The maximum Gasteiger partial charge on any atom is 0.191 e. The van der Waals surface area contributed by atoms with Gasteiger partial charge in [0.2, 0.25) is 0 Å². The largest absolute Gasteiger partial charge is 0.454 e. The topological polar surface area (TPSA) is 52.8 Å². The molecule has 1 fully saturated rings. The van der Waals surface area contributed by atoms with Gasteiger partial charge in [-0.05, 0) is 65.3 Å². The molecule has 3 rings (SSSR count). The molecule has 144 valence electrons. The van der Waals surface area contributed by atoms with Crippen molar-refractivity contribution in [3.63, 3.8) is 0 Å². The lowest BCUT2D eigenvalue weighted by atomic mass is 10.1. The van der Waals surface area contributed by atoms with Crippen LogP contribution in [0.5, 0.6) is 0 Å². The van der Waals surface area contributed by atoms with Crippen LogP contribution in [0.25, 0.3) is 0 Å². The molecule has 2 aromatic rings. The van der Waals surface area contributed by atoms with Gasteiger partial charge >= 0.3 is 0 Å². The second-order valence-electron chi connectivity index (χ2n) is 6.07. The molecular weight excluding hydrogens is 527 g/mol. The van der Waals surface area contributed by atoms with E-state index in [0.29, 0.717) is 12.6 Å². The van der Waals surface area contributed by atoms with Crippen molar-refractivity contribution >= 4 is 62.2 Å². The van der Waals surface area contributed by atoms with Crippen molar-refractivity contribution in [3.8, 4) is 0 Å². The van der Waals surface area contributed by atoms with Crippen LogP contribution in [-0.2, 0) is 6.42 Å². The fourth-order valence-corrected chi connectivity index (χ4v) is 4.10. The minimum Gasteiger partial charge on any atom is -0.454 e. The van der Waals surface area contributed by atoms with Crippen LogP contribution in [0, 0.1) is 0 Å². The van der Waals surface area contributed by atoms with Crippen LogP contribution in [0.4, 0.5) is 5.00 Å². The van der Waals surface area contributed by atoms with Gasteiger partial charge < -0.3 is 20.0 Å². The summed E-state index contributed by atoms with van der Waals surface area (Å²) < 4.78 is 6.30. The smallest absolute Gasteiger partial charge is 0.191 e. The van der Waals surface area contributed by atoms with E-state index in [4.69, 9.17) is 4.42 Å². The van der Waals surface area contributed by atoms with E-state index in [2.05, 4.69) is 60.9 Å². The summed E-state index contributed by atoms with van der Waals surface area (Å²) in [6, 6.07) is 8.71. The van der Waals surface area contributed by atoms with Gasteiger partial charge in [0.1, 0.15) is 5.76 Å². The maximum atomic E-state index is 5.52. The molecule has 1 aliphatic heterocycles. The number of hydrogen-bond donors (Lipinski definition) is 2. The Hall–Kier alpha value is -0.740. The number of anilines is 1. The van der Waals surface area contributed by atoms with E-state index in [0.717, 1.165) is 55.3 Å². The molecule has 0 atom stereocenters. The summed E-state index contributed by atoms with van der Waals surface area (Å²) >= 11 is 5.15. The van der Waals surface area contributed by atoms with Crippen LogP contribution in [-0.4, -0.2) is 38.2 Å². The molecule has 0 aromatic carbocycles. The number of thiophene rings is 1. The zero-order valence-electron chi connectivity index (χ0n) is 14.9. The van der Waals surface area contributed by atoms with Gasteiger partial charge in [0, 0.05) is 38.6 Å². The summed E-state index contributed by atoms with van der Waals surface area (Å²) in [6.07, 6.45) is 3.07. The van der Waals surface area contributed by atoms with Crippen LogP contribution < -0.4 is 15.5 Å². The first kappa shape index (κ1) is 21.6. The lowest BCUT2D eigenvalue weighted by molar-refractivity contribution is 0.462. The van der Waals surface area contributed by atoms with E-state index in [1.807, 2.05) is 23.5 Å². The van der Waals surface area contributed by atoms with Gasteiger partial charge in [-0.3, -0.25) is 4.99 Å². The number of furan rings is 1. The molecule has 2 aromatic heterocycles. The number of halogens is 2. The zero-order valence-corrected chi connectivity index (χ0v) is 19.6. The lowest BCUT2D eigenvalue weighted by Gasteiger charge is -2.33. The van der Waals surface area contributed by atoms with Crippen LogP contribution in [0.15, 0.2) is 43.7 Å². The van der Waals surface area contributed by atoms with Gasteiger partial charge in [-0.2, -0.15) is 0 Å². The third kappa shape index (κ3) is 6.45. The van der Waals surface area contributed by atoms with Gasteiger partial charge in [0.25, 0.3) is 0 Å². The van der Waals surface area contributed by atoms with Crippen molar-refractivity contribution in [2.75, 3.05) is 31.1 Å². The highest BCUT2D eigenvalue weighted by Gasteiger charge is 2.20. The molecule has 3 heterocycles. The van der Waals surface area contributed by atoms with E-state index >= 15 is 0 Å². The molecule has 8 heteroatoms. The minimum atomic E-state index is 0. The monoisotopic (exact) mass is 552 g/mol. The first-order valence-corrected chi connectivity index (χ1v) is 10.5. The summed E-state index contributed by atoms with van der Waals surface area (Å²) in [5.74, 6) is 1.86. The molecule has 0 radical (unpaired) electrons. The zero-order chi connectivity index (χ0) is 17.5. The average molecular weight is 553 g/mol. The van der Waals surface area contributed by atoms with E-state index < -0.39 is 0 Å². The number of aliphatic imine (C=N–C) groups is 1. The molecule has 5 nitrogen and oxygen atoms in total. The van der Waals surface area contributed by atoms with Crippen LogP contribution >= 0.6 is 51.2 Å². The fourth-order valence-electron chi connectivity index (χ4n) is 2.97. The number of nitrogens with zero attached hydrogens (tertiary/aromatic N) is 2. The second kappa shape index (κ2) is 11.2. The summed E-state index contributed by atoms with van der Waals surface area (Å²) in [6.45, 7) is 5.87. The molecule has 0 spiro atoms. The first-order valence-electron chi connectivity index (χ1n) is 8.82. The molecule has 1 aliphatic rings. The number of hydrogen-bond acceptors (Lipinski definition) is 4. The van der Waals surface area contributed by atoms with Crippen molar-refractivity contribution in [2.45, 2.75) is 32.2 Å².